The van der Waals surface area contributed by atoms with Crippen LogP contribution in [-0.2, 0) is 16.9 Å². The van der Waals surface area contributed by atoms with Gasteiger partial charge in [-0.25, -0.2) is 0 Å². The molecule has 1 N–H and O–H groups in total. The van der Waals surface area contributed by atoms with E-state index in [1.807, 2.05) is 61.5 Å². The smallest absolute Gasteiger partial charge is 0.250 e. The second-order valence-electron chi connectivity index (χ2n) is 5.89. The highest BCUT2D eigenvalue weighted by Crippen LogP contribution is 2.36. The van der Waals surface area contributed by atoms with Crippen molar-refractivity contribution in [2.75, 3.05) is 0 Å². The number of aliphatic hydroxyl groups is 1. The zero-order chi connectivity index (χ0) is 17.2. The number of hydrogen-bond acceptors (Lipinski definition) is 3. The van der Waals surface area contributed by atoms with Crippen LogP contribution in [0.1, 0.15) is 30.9 Å². The number of hydrazone groups is 1. The molecule has 0 aromatic heterocycles. The highest BCUT2D eigenvalue weighted by Gasteiger charge is 2.45. The maximum absolute atomic E-state index is 12.8. The summed E-state index contributed by atoms with van der Waals surface area (Å²) in [5.41, 5.74) is 0.972. The first kappa shape index (κ1) is 16.9. The summed E-state index contributed by atoms with van der Waals surface area (Å²) >= 11 is 3.39. The summed E-state index contributed by atoms with van der Waals surface area (Å²) in [7, 11) is 0. The van der Waals surface area contributed by atoms with Gasteiger partial charge in [0.05, 0.1) is 6.42 Å². The van der Waals surface area contributed by atoms with Crippen LogP contribution >= 0.6 is 15.9 Å². The minimum absolute atomic E-state index is 0.209. The molecule has 1 aliphatic heterocycles. The topological polar surface area (TPSA) is 52.9 Å². The van der Waals surface area contributed by atoms with Crippen molar-refractivity contribution in [2.24, 2.45) is 5.10 Å². The normalized spacial score (nSPS) is 20.1. The van der Waals surface area contributed by atoms with E-state index in [-0.39, 0.29) is 12.3 Å². The highest BCUT2D eigenvalue weighted by molar-refractivity contribution is 9.10. The third kappa shape index (κ3) is 3.28. The van der Waals surface area contributed by atoms with Crippen molar-refractivity contribution in [3.8, 4) is 0 Å². The molecule has 1 atom stereocenters. The molecule has 0 bridgehead atoms. The maximum atomic E-state index is 12.8. The first-order chi connectivity index (χ1) is 11.5. The van der Waals surface area contributed by atoms with Crippen molar-refractivity contribution in [3.05, 3.63) is 70.2 Å². The molecular weight excluding hydrogens is 368 g/mol. The van der Waals surface area contributed by atoms with Crippen LogP contribution in [0, 0.1) is 0 Å². The van der Waals surface area contributed by atoms with Gasteiger partial charge < -0.3 is 5.11 Å². The molecule has 0 fully saturated rings. The van der Waals surface area contributed by atoms with E-state index in [1.54, 1.807) is 0 Å². The summed E-state index contributed by atoms with van der Waals surface area (Å²) in [6.07, 6.45) is 1.25. The summed E-state index contributed by atoms with van der Waals surface area (Å²) < 4.78 is 0.923. The molecule has 3 rings (SSSR count). The van der Waals surface area contributed by atoms with Crippen molar-refractivity contribution in [3.63, 3.8) is 0 Å². The molecule has 24 heavy (non-hydrogen) atoms. The largest absolute Gasteiger partial charge is 0.365 e. The Kier molecular flexibility index (Phi) is 4.83. The van der Waals surface area contributed by atoms with E-state index < -0.39 is 5.72 Å². The summed E-state index contributed by atoms with van der Waals surface area (Å²) in [4.78, 5) is 12.8. The number of benzene rings is 2. The second-order valence-corrected chi connectivity index (χ2v) is 6.80. The van der Waals surface area contributed by atoms with E-state index in [4.69, 9.17) is 0 Å². The van der Waals surface area contributed by atoms with E-state index in [9.17, 15) is 9.90 Å². The number of halogens is 1. The molecule has 2 aromatic carbocycles. The van der Waals surface area contributed by atoms with Gasteiger partial charge >= 0.3 is 0 Å². The van der Waals surface area contributed by atoms with E-state index in [1.165, 1.54) is 5.01 Å². The van der Waals surface area contributed by atoms with Crippen LogP contribution < -0.4 is 0 Å². The zero-order valence-corrected chi connectivity index (χ0v) is 15.0. The van der Waals surface area contributed by atoms with Crippen molar-refractivity contribution >= 4 is 27.5 Å². The van der Waals surface area contributed by atoms with Gasteiger partial charge in [0.25, 0.3) is 0 Å². The molecule has 124 valence electrons. The molecule has 1 aliphatic rings. The predicted molar refractivity (Wildman–Crippen MR) is 97.4 cm³/mol. The Morgan fingerprint density at radius 2 is 1.88 bits per heavy atom. The third-order valence-electron chi connectivity index (χ3n) is 4.19. The number of carbonyl (C=O) groups is 1. The van der Waals surface area contributed by atoms with E-state index >= 15 is 0 Å². The highest BCUT2D eigenvalue weighted by atomic mass is 79.9. The Morgan fingerprint density at radius 1 is 1.21 bits per heavy atom. The van der Waals surface area contributed by atoms with Gasteiger partial charge in [0.15, 0.2) is 5.72 Å². The molecule has 2 aromatic rings. The Balaban J connectivity index is 1.91. The molecule has 1 heterocycles. The molecular formula is C19H19BrN2O2. The fourth-order valence-corrected chi connectivity index (χ4v) is 3.13. The monoisotopic (exact) mass is 386 g/mol. The molecule has 0 spiro atoms. The minimum atomic E-state index is -1.42. The Hall–Kier alpha value is -1.98. The molecule has 0 saturated heterocycles. The van der Waals surface area contributed by atoms with Gasteiger partial charge in [-0.2, -0.15) is 10.1 Å². The van der Waals surface area contributed by atoms with Gasteiger partial charge in [0.2, 0.25) is 5.91 Å². The average Bonchev–Trinajstić information content (AvgIpc) is 2.94. The zero-order valence-electron chi connectivity index (χ0n) is 13.4. The van der Waals surface area contributed by atoms with Crippen molar-refractivity contribution in [1.82, 2.24) is 5.01 Å². The first-order valence-electron chi connectivity index (χ1n) is 7.94. The van der Waals surface area contributed by atoms with Gasteiger partial charge in [-0.15, -0.1) is 0 Å². The molecule has 0 saturated carbocycles. The minimum Gasteiger partial charge on any atom is -0.365 e. The summed E-state index contributed by atoms with van der Waals surface area (Å²) in [5.74, 6) is -0.213. The fraction of sp³-hybridized carbons (Fsp3) is 0.263. The fourth-order valence-electron chi connectivity index (χ4n) is 2.86. The molecule has 0 radical (unpaired) electrons. The van der Waals surface area contributed by atoms with Crippen molar-refractivity contribution < 1.29 is 9.90 Å². The van der Waals surface area contributed by atoms with Crippen molar-refractivity contribution in [2.45, 2.75) is 31.9 Å². The number of nitrogens with zero attached hydrogens (tertiary/aromatic N) is 2. The molecule has 0 aliphatic carbocycles. The maximum Gasteiger partial charge on any atom is 0.250 e. The molecule has 0 unspecified atom stereocenters. The lowest BCUT2D eigenvalue weighted by Crippen LogP contribution is -2.44. The lowest BCUT2D eigenvalue weighted by atomic mass is 9.96. The number of carbonyl (C=O) groups excluding carboxylic acids is 1. The lowest BCUT2D eigenvalue weighted by Gasteiger charge is -2.31. The van der Waals surface area contributed by atoms with Crippen LogP contribution in [0.5, 0.6) is 0 Å². The quantitative estimate of drug-likeness (QED) is 0.867. The van der Waals surface area contributed by atoms with Crippen LogP contribution in [0.2, 0.25) is 0 Å². The number of rotatable bonds is 4. The standard InChI is InChI=1S/C19H19BrN2O2/c1-2-17-13-19(24,15-8-10-16(20)11-9-15)22(21-17)18(23)12-14-6-4-3-5-7-14/h3-11,24H,2,12-13H2,1H3/t19-/m1/s1. The summed E-state index contributed by atoms with van der Waals surface area (Å²) in [5, 5.41) is 16.9. The SMILES string of the molecule is CCC1=NN(C(=O)Cc2ccccc2)[C@](O)(c2ccc(Br)cc2)C1. The first-order valence-corrected chi connectivity index (χ1v) is 8.74. The van der Waals surface area contributed by atoms with Crippen LogP contribution in [0.15, 0.2) is 64.2 Å². The van der Waals surface area contributed by atoms with Gasteiger partial charge in [0, 0.05) is 22.2 Å². The van der Waals surface area contributed by atoms with Crippen LogP contribution in [0.25, 0.3) is 0 Å². The molecule has 4 nitrogen and oxygen atoms in total. The van der Waals surface area contributed by atoms with Gasteiger partial charge in [-0.1, -0.05) is 65.3 Å². The predicted octanol–water partition coefficient (Wildman–Crippen LogP) is 3.84. The third-order valence-corrected chi connectivity index (χ3v) is 4.72. The van der Waals surface area contributed by atoms with E-state index in [0.29, 0.717) is 18.4 Å². The molecule has 5 heteroatoms. The van der Waals surface area contributed by atoms with Gasteiger partial charge in [-0.3, -0.25) is 4.79 Å². The summed E-state index contributed by atoms with van der Waals surface area (Å²) in [6.45, 7) is 1.98. The Morgan fingerprint density at radius 3 is 2.50 bits per heavy atom. The average molecular weight is 387 g/mol. The second kappa shape index (κ2) is 6.87. The van der Waals surface area contributed by atoms with Gasteiger partial charge in [-0.05, 0) is 24.1 Å². The van der Waals surface area contributed by atoms with E-state index in [0.717, 1.165) is 15.7 Å². The summed E-state index contributed by atoms with van der Waals surface area (Å²) in [6, 6.07) is 16.9. The molecule has 1 amide bonds. The van der Waals surface area contributed by atoms with Crippen LogP contribution in [0.3, 0.4) is 0 Å². The van der Waals surface area contributed by atoms with Gasteiger partial charge in [0.1, 0.15) is 0 Å². The van der Waals surface area contributed by atoms with Crippen LogP contribution in [-0.4, -0.2) is 21.7 Å². The Bertz CT molecular complexity index is 759. The number of hydrogen-bond donors (Lipinski definition) is 1. The van der Waals surface area contributed by atoms with Crippen molar-refractivity contribution in [1.29, 1.82) is 0 Å². The van der Waals surface area contributed by atoms with E-state index in [2.05, 4.69) is 21.0 Å². The lowest BCUT2D eigenvalue weighted by molar-refractivity contribution is -0.157. The van der Waals surface area contributed by atoms with Crippen LogP contribution in [0.4, 0.5) is 0 Å². The Labute approximate surface area is 149 Å². The number of amides is 1.